The highest BCUT2D eigenvalue weighted by Gasteiger charge is 2.20. The maximum absolute atomic E-state index is 4.53. The summed E-state index contributed by atoms with van der Waals surface area (Å²) in [5.41, 5.74) is 3.29. The summed E-state index contributed by atoms with van der Waals surface area (Å²) in [6, 6.07) is 18.5. The molecule has 2 aromatic heterocycles. The predicted molar refractivity (Wildman–Crippen MR) is 92.8 cm³/mol. The number of aromatic nitrogens is 4. The average Bonchev–Trinajstić information content (AvgIpc) is 3.11. The maximum atomic E-state index is 4.53. The molecule has 0 saturated heterocycles. The molecule has 2 heterocycles. The Morgan fingerprint density at radius 1 is 1.00 bits per heavy atom. The van der Waals surface area contributed by atoms with Gasteiger partial charge in [0.1, 0.15) is 0 Å². The number of hydrogen-bond donors (Lipinski definition) is 2. The lowest BCUT2D eigenvalue weighted by molar-refractivity contribution is 0.555. The number of para-hydroxylation sites is 2. The lowest BCUT2D eigenvalue weighted by Crippen LogP contribution is -2.27. The standard InChI is InChI=1S/C18H19N5/c1-18(2,13-8-4-3-5-9-13)12-19-16-21-17-20-14-10-6-7-11-15(14)23(17)22-16/h3-11H,12H2,1-2H3,(H2,19,20,21,22). The van der Waals surface area contributed by atoms with Gasteiger partial charge in [0.15, 0.2) is 0 Å². The van der Waals surface area contributed by atoms with Crippen LogP contribution in [0.25, 0.3) is 16.8 Å². The van der Waals surface area contributed by atoms with Gasteiger partial charge in [-0.3, -0.25) is 5.10 Å². The summed E-state index contributed by atoms with van der Waals surface area (Å²) >= 11 is 0. The van der Waals surface area contributed by atoms with Gasteiger partial charge in [0.05, 0.1) is 11.0 Å². The minimum atomic E-state index is 0.0121. The van der Waals surface area contributed by atoms with E-state index in [1.807, 2.05) is 34.8 Å². The molecule has 0 saturated carbocycles. The fourth-order valence-electron chi connectivity index (χ4n) is 2.80. The van der Waals surface area contributed by atoms with Crippen LogP contribution in [0.3, 0.4) is 0 Å². The number of fused-ring (bicyclic) bond motifs is 3. The quantitative estimate of drug-likeness (QED) is 0.605. The molecule has 0 radical (unpaired) electrons. The molecule has 23 heavy (non-hydrogen) atoms. The number of anilines is 1. The molecule has 5 nitrogen and oxygen atoms in total. The minimum absolute atomic E-state index is 0.0121. The molecular weight excluding hydrogens is 286 g/mol. The molecular formula is C18H19N5. The summed E-state index contributed by atoms with van der Waals surface area (Å²) in [4.78, 5) is 9.05. The van der Waals surface area contributed by atoms with E-state index in [9.17, 15) is 0 Å². The molecule has 0 aliphatic carbocycles. The zero-order chi connectivity index (χ0) is 15.9. The van der Waals surface area contributed by atoms with Crippen LogP contribution >= 0.6 is 0 Å². The van der Waals surface area contributed by atoms with Gasteiger partial charge in [-0.2, -0.15) is 4.98 Å². The first-order valence-electron chi connectivity index (χ1n) is 7.76. The van der Waals surface area contributed by atoms with Crippen molar-refractivity contribution in [3.05, 3.63) is 60.2 Å². The van der Waals surface area contributed by atoms with Gasteiger partial charge in [-0.15, -0.1) is 0 Å². The number of aromatic amines is 1. The van der Waals surface area contributed by atoms with Gasteiger partial charge in [-0.1, -0.05) is 56.3 Å². The van der Waals surface area contributed by atoms with Crippen molar-refractivity contribution in [3.8, 4) is 0 Å². The van der Waals surface area contributed by atoms with Crippen LogP contribution in [0.4, 0.5) is 5.95 Å². The molecule has 0 amide bonds. The predicted octanol–water partition coefficient (Wildman–Crippen LogP) is 3.60. The number of hydrogen-bond acceptors (Lipinski definition) is 3. The number of imidazole rings is 1. The normalized spacial score (nSPS) is 12.1. The molecule has 0 aliphatic heterocycles. The van der Waals surface area contributed by atoms with Gasteiger partial charge in [0.2, 0.25) is 5.95 Å². The van der Waals surface area contributed by atoms with E-state index in [4.69, 9.17) is 0 Å². The molecule has 2 N–H and O–H groups in total. The summed E-state index contributed by atoms with van der Waals surface area (Å²) in [5.74, 6) is 1.42. The first-order chi connectivity index (χ1) is 11.1. The fraction of sp³-hybridized carbons (Fsp3) is 0.222. The average molecular weight is 305 g/mol. The third-order valence-electron chi connectivity index (χ3n) is 4.23. The van der Waals surface area contributed by atoms with Crippen molar-refractivity contribution in [1.29, 1.82) is 0 Å². The molecule has 0 spiro atoms. The number of nitrogens with zero attached hydrogens (tertiary/aromatic N) is 3. The largest absolute Gasteiger partial charge is 0.354 e. The molecule has 2 aromatic carbocycles. The molecule has 0 bridgehead atoms. The Morgan fingerprint density at radius 2 is 1.74 bits per heavy atom. The van der Waals surface area contributed by atoms with Crippen LogP contribution in [0, 0.1) is 0 Å². The van der Waals surface area contributed by atoms with Crippen LogP contribution in [-0.4, -0.2) is 26.1 Å². The van der Waals surface area contributed by atoms with Gasteiger partial charge in [0.25, 0.3) is 5.78 Å². The van der Waals surface area contributed by atoms with Gasteiger partial charge in [0, 0.05) is 12.0 Å². The second kappa shape index (κ2) is 5.12. The van der Waals surface area contributed by atoms with Crippen molar-refractivity contribution >= 4 is 22.8 Å². The minimum Gasteiger partial charge on any atom is -0.354 e. The van der Waals surface area contributed by atoms with E-state index in [0.29, 0.717) is 5.78 Å². The number of benzene rings is 2. The van der Waals surface area contributed by atoms with Crippen molar-refractivity contribution in [1.82, 2.24) is 19.6 Å². The van der Waals surface area contributed by atoms with E-state index in [0.717, 1.165) is 23.5 Å². The van der Waals surface area contributed by atoms with Gasteiger partial charge < -0.3 is 5.32 Å². The van der Waals surface area contributed by atoms with Crippen LogP contribution in [0.1, 0.15) is 19.4 Å². The van der Waals surface area contributed by atoms with Gasteiger partial charge in [-0.25, -0.2) is 9.50 Å². The highest BCUT2D eigenvalue weighted by Crippen LogP contribution is 2.23. The smallest absolute Gasteiger partial charge is 0.253 e. The fourth-order valence-corrected chi connectivity index (χ4v) is 2.80. The zero-order valence-electron chi connectivity index (χ0n) is 13.2. The third-order valence-corrected chi connectivity index (χ3v) is 4.23. The monoisotopic (exact) mass is 305 g/mol. The highest BCUT2D eigenvalue weighted by atomic mass is 15.4. The molecule has 0 unspecified atom stereocenters. The van der Waals surface area contributed by atoms with Crippen LogP contribution in [0.2, 0.25) is 0 Å². The lowest BCUT2D eigenvalue weighted by atomic mass is 9.85. The zero-order valence-corrected chi connectivity index (χ0v) is 13.2. The lowest BCUT2D eigenvalue weighted by Gasteiger charge is -2.25. The van der Waals surface area contributed by atoms with E-state index in [1.165, 1.54) is 5.56 Å². The van der Waals surface area contributed by atoms with Gasteiger partial charge in [-0.05, 0) is 17.7 Å². The molecule has 116 valence electrons. The van der Waals surface area contributed by atoms with Crippen LogP contribution in [0.15, 0.2) is 54.6 Å². The molecule has 4 rings (SSSR count). The topological polar surface area (TPSA) is 58.0 Å². The SMILES string of the molecule is CC(C)(CNc1nc2nc3ccccc3n2[nH]1)c1ccccc1. The van der Waals surface area contributed by atoms with E-state index >= 15 is 0 Å². The van der Waals surface area contributed by atoms with Crippen molar-refractivity contribution in [2.24, 2.45) is 0 Å². The summed E-state index contributed by atoms with van der Waals surface area (Å²) in [6.07, 6.45) is 0. The Balaban J connectivity index is 1.58. The van der Waals surface area contributed by atoms with Crippen molar-refractivity contribution in [2.45, 2.75) is 19.3 Å². The number of rotatable bonds is 4. The molecule has 0 fully saturated rings. The van der Waals surface area contributed by atoms with Crippen molar-refractivity contribution in [3.63, 3.8) is 0 Å². The van der Waals surface area contributed by atoms with Crippen LogP contribution in [0.5, 0.6) is 0 Å². The summed E-state index contributed by atoms with van der Waals surface area (Å²) in [7, 11) is 0. The van der Waals surface area contributed by atoms with Gasteiger partial charge >= 0.3 is 0 Å². The highest BCUT2D eigenvalue weighted by molar-refractivity contribution is 5.79. The maximum Gasteiger partial charge on any atom is 0.253 e. The van der Waals surface area contributed by atoms with E-state index in [-0.39, 0.29) is 5.41 Å². The molecule has 5 heteroatoms. The summed E-state index contributed by atoms with van der Waals surface area (Å²) < 4.78 is 1.91. The Morgan fingerprint density at radius 3 is 2.57 bits per heavy atom. The Bertz CT molecular complexity index is 949. The molecule has 0 atom stereocenters. The third kappa shape index (κ3) is 2.44. The van der Waals surface area contributed by atoms with Crippen molar-refractivity contribution < 1.29 is 0 Å². The van der Waals surface area contributed by atoms with Crippen LogP contribution < -0.4 is 5.32 Å². The second-order valence-electron chi connectivity index (χ2n) is 6.41. The Labute approximate surface area is 134 Å². The Hall–Kier alpha value is -2.82. The first kappa shape index (κ1) is 13.8. The first-order valence-corrected chi connectivity index (χ1v) is 7.76. The van der Waals surface area contributed by atoms with Crippen LogP contribution in [-0.2, 0) is 5.41 Å². The molecule has 4 aromatic rings. The van der Waals surface area contributed by atoms with E-state index in [2.05, 4.69) is 58.5 Å². The molecule has 0 aliphatic rings. The summed E-state index contributed by atoms with van der Waals surface area (Å²) in [5, 5.41) is 6.67. The number of H-pyrrole nitrogens is 1. The van der Waals surface area contributed by atoms with Crippen molar-refractivity contribution in [2.75, 3.05) is 11.9 Å². The summed E-state index contributed by atoms with van der Waals surface area (Å²) in [6.45, 7) is 5.23. The number of nitrogens with one attached hydrogen (secondary N) is 2. The van der Waals surface area contributed by atoms with E-state index < -0.39 is 0 Å². The second-order valence-corrected chi connectivity index (χ2v) is 6.41. The van der Waals surface area contributed by atoms with E-state index in [1.54, 1.807) is 0 Å². The Kier molecular flexibility index (Phi) is 3.08.